The molecular formula is C15H19NO3. The van der Waals surface area contributed by atoms with E-state index in [0.29, 0.717) is 0 Å². The lowest BCUT2D eigenvalue weighted by Crippen LogP contribution is -2.41. The van der Waals surface area contributed by atoms with Gasteiger partial charge in [-0.25, -0.2) is 9.59 Å². The second kappa shape index (κ2) is 5.87. The molecule has 0 N–H and O–H groups in total. The van der Waals surface area contributed by atoms with Gasteiger partial charge in [0.05, 0.1) is 0 Å². The van der Waals surface area contributed by atoms with Gasteiger partial charge in [-0.2, -0.15) is 0 Å². The third-order valence-electron chi connectivity index (χ3n) is 3.63. The molecular weight excluding hydrogens is 242 g/mol. The van der Waals surface area contributed by atoms with Crippen molar-refractivity contribution in [3.8, 4) is 0 Å². The second-order valence-electron chi connectivity index (χ2n) is 4.86. The first-order chi connectivity index (χ1) is 9.13. The van der Waals surface area contributed by atoms with Crippen LogP contribution in [-0.4, -0.2) is 29.0 Å². The fourth-order valence-electron chi connectivity index (χ4n) is 2.48. The van der Waals surface area contributed by atoms with E-state index in [2.05, 4.69) is 16.9 Å². The molecule has 1 fully saturated rings. The molecule has 0 saturated carbocycles. The highest BCUT2D eigenvalue weighted by molar-refractivity contribution is 5.95. The molecule has 0 radical (unpaired) electrons. The Bertz CT molecular complexity index is 458. The molecule has 1 unspecified atom stereocenters. The van der Waals surface area contributed by atoms with Crippen molar-refractivity contribution in [2.75, 3.05) is 0 Å². The fourth-order valence-corrected chi connectivity index (χ4v) is 2.48. The Hall–Kier alpha value is -1.84. The van der Waals surface area contributed by atoms with Crippen molar-refractivity contribution >= 4 is 12.1 Å². The van der Waals surface area contributed by atoms with Crippen LogP contribution in [0.5, 0.6) is 0 Å². The van der Waals surface area contributed by atoms with Crippen LogP contribution in [0.15, 0.2) is 30.3 Å². The molecule has 0 bridgehead atoms. The molecule has 2 rings (SSSR count). The molecule has 1 aromatic rings. The van der Waals surface area contributed by atoms with Crippen molar-refractivity contribution in [3.05, 3.63) is 35.9 Å². The number of rotatable bonds is 5. The molecule has 0 spiro atoms. The minimum Gasteiger partial charge on any atom is -0.375 e. The zero-order valence-electron chi connectivity index (χ0n) is 11.3. The largest absolute Gasteiger partial charge is 0.418 e. The van der Waals surface area contributed by atoms with Crippen LogP contribution in [0.4, 0.5) is 4.79 Å². The molecule has 1 aromatic carbocycles. The van der Waals surface area contributed by atoms with Crippen LogP contribution < -0.4 is 0 Å². The van der Waals surface area contributed by atoms with Crippen molar-refractivity contribution in [3.63, 3.8) is 0 Å². The van der Waals surface area contributed by atoms with E-state index in [0.717, 1.165) is 19.3 Å². The number of cyclic esters (lactones) is 2. The Morgan fingerprint density at radius 2 is 1.95 bits per heavy atom. The zero-order valence-corrected chi connectivity index (χ0v) is 11.3. The summed E-state index contributed by atoms with van der Waals surface area (Å²) in [5, 5.41) is 0. The van der Waals surface area contributed by atoms with E-state index in [1.54, 1.807) is 11.8 Å². The van der Waals surface area contributed by atoms with Gasteiger partial charge in [-0.15, -0.1) is 0 Å². The van der Waals surface area contributed by atoms with E-state index in [-0.39, 0.29) is 6.04 Å². The third-order valence-corrected chi connectivity index (χ3v) is 3.63. The van der Waals surface area contributed by atoms with Crippen LogP contribution in [0.2, 0.25) is 0 Å². The van der Waals surface area contributed by atoms with E-state index in [1.807, 2.05) is 25.1 Å². The lowest BCUT2D eigenvalue weighted by atomic mass is 10.0. The standard InChI is InChI=1S/C15H19NO3/c1-3-13(10-9-12-7-5-4-6-8-12)16-11(2)14(17)19-15(16)18/h4-8,11,13H,3,9-10H2,1-2H3/t11?,13-/m1/s1. The number of amides is 1. The maximum atomic E-state index is 11.7. The normalized spacial score (nSPS) is 20.5. The maximum Gasteiger partial charge on any atom is 0.418 e. The zero-order chi connectivity index (χ0) is 13.8. The second-order valence-corrected chi connectivity index (χ2v) is 4.86. The van der Waals surface area contributed by atoms with E-state index in [4.69, 9.17) is 0 Å². The molecule has 102 valence electrons. The molecule has 1 saturated heterocycles. The van der Waals surface area contributed by atoms with Gasteiger partial charge in [0.2, 0.25) is 0 Å². The first-order valence-corrected chi connectivity index (χ1v) is 6.71. The summed E-state index contributed by atoms with van der Waals surface area (Å²) in [6, 6.07) is 9.73. The van der Waals surface area contributed by atoms with Crippen molar-refractivity contribution in [1.82, 2.24) is 4.90 Å². The van der Waals surface area contributed by atoms with E-state index in [9.17, 15) is 9.59 Å². The molecule has 4 nitrogen and oxygen atoms in total. The van der Waals surface area contributed by atoms with Gasteiger partial charge < -0.3 is 4.74 Å². The highest BCUT2D eigenvalue weighted by Gasteiger charge is 2.41. The Labute approximate surface area is 113 Å². The van der Waals surface area contributed by atoms with Crippen LogP contribution in [0.3, 0.4) is 0 Å². The molecule has 2 atom stereocenters. The Morgan fingerprint density at radius 1 is 1.26 bits per heavy atom. The van der Waals surface area contributed by atoms with Crippen molar-refractivity contribution in [2.24, 2.45) is 0 Å². The van der Waals surface area contributed by atoms with Crippen molar-refractivity contribution in [1.29, 1.82) is 0 Å². The number of hydrogen-bond donors (Lipinski definition) is 0. The first-order valence-electron chi connectivity index (χ1n) is 6.71. The Kier molecular flexibility index (Phi) is 4.20. The molecule has 0 aliphatic carbocycles. The number of carbonyl (C=O) groups excluding carboxylic acids is 2. The van der Waals surface area contributed by atoms with Crippen LogP contribution >= 0.6 is 0 Å². The van der Waals surface area contributed by atoms with E-state index >= 15 is 0 Å². The predicted octanol–water partition coefficient (Wildman–Crippen LogP) is 2.77. The summed E-state index contributed by atoms with van der Waals surface area (Å²) >= 11 is 0. The number of nitrogens with zero attached hydrogens (tertiary/aromatic N) is 1. The molecule has 1 heterocycles. The Balaban J connectivity index is 2.00. The molecule has 0 aromatic heterocycles. The van der Waals surface area contributed by atoms with Crippen molar-refractivity contribution in [2.45, 2.75) is 45.2 Å². The molecule has 1 amide bonds. The summed E-state index contributed by atoms with van der Waals surface area (Å²) in [5.74, 6) is -0.442. The topological polar surface area (TPSA) is 46.6 Å². The quantitative estimate of drug-likeness (QED) is 0.605. The number of aryl methyl sites for hydroxylation is 1. The number of carbonyl (C=O) groups is 2. The molecule has 19 heavy (non-hydrogen) atoms. The van der Waals surface area contributed by atoms with Gasteiger partial charge in [0.25, 0.3) is 0 Å². The summed E-state index contributed by atoms with van der Waals surface area (Å²) < 4.78 is 4.67. The lowest BCUT2D eigenvalue weighted by Gasteiger charge is -2.27. The maximum absolute atomic E-state index is 11.7. The van der Waals surface area contributed by atoms with Crippen LogP contribution in [0, 0.1) is 0 Å². The number of hydrogen-bond acceptors (Lipinski definition) is 3. The molecule has 4 heteroatoms. The van der Waals surface area contributed by atoms with E-state index in [1.165, 1.54) is 5.56 Å². The summed E-state index contributed by atoms with van der Waals surface area (Å²) in [7, 11) is 0. The van der Waals surface area contributed by atoms with Gasteiger partial charge in [-0.05, 0) is 31.7 Å². The summed E-state index contributed by atoms with van der Waals surface area (Å²) in [6.45, 7) is 3.75. The van der Waals surface area contributed by atoms with Gasteiger partial charge in [0, 0.05) is 6.04 Å². The highest BCUT2D eigenvalue weighted by atomic mass is 16.6. The van der Waals surface area contributed by atoms with Crippen molar-refractivity contribution < 1.29 is 14.3 Å². The van der Waals surface area contributed by atoms with Gasteiger partial charge in [-0.1, -0.05) is 37.3 Å². The summed E-state index contributed by atoms with van der Waals surface area (Å²) in [6.07, 6.45) is 2.05. The minimum absolute atomic E-state index is 0.0501. The minimum atomic E-state index is -0.502. The third kappa shape index (κ3) is 2.95. The number of ether oxygens (including phenoxy) is 1. The lowest BCUT2D eigenvalue weighted by molar-refractivity contribution is -0.135. The Morgan fingerprint density at radius 3 is 2.47 bits per heavy atom. The SMILES string of the molecule is CC[C@H](CCc1ccccc1)N1C(=O)OC(=O)C1C. The van der Waals surface area contributed by atoms with Crippen LogP contribution in [0.25, 0.3) is 0 Å². The summed E-state index contributed by atoms with van der Waals surface area (Å²) in [5.41, 5.74) is 1.24. The number of esters is 1. The molecule has 1 aliphatic rings. The van der Waals surface area contributed by atoms with E-state index < -0.39 is 18.1 Å². The number of benzene rings is 1. The fraction of sp³-hybridized carbons (Fsp3) is 0.467. The average molecular weight is 261 g/mol. The van der Waals surface area contributed by atoms with Crippen LogP contribution in [0.1, 0.15) is 32.3 Å². The summed E-state index contributed by atoms with van der Waals surface area (Å²) in [4.78, 5) is 24.7. The van der Waals surface area contributed by atoms with Gasteiger partial charge in [-0.3, -0.25) is 4.90 Å². The highest BCUT2D eigenvalue weighted by Crippen LogP contribution is 2.22. The van der Waals surface area contributed by atoms with Crippen LogP contribution in [-0.2, 0) is 16.0 Å². The molecule has 1 aliphatic heterocycles. The van der Waals surface area contributed by atoms with Gasteiger partial charge in [0.15, 0.2) is 0 Å². The predicted molar refractivity (Wildman–Crippen MR) is 71.6 cm³/mol. The monoisotopic (exact) mass is 261 g/mol. The smallest absolute Gasteiger partial charge is 0.375 e. The van der Waals surface area contributed by atoms with Gasteiger partial charge in [0.1, 0.15) is 6.04 Å². The average Bonchev–Trinajstić information content (AvgIpc) is 2.67. The first kappa shape index (κ1) is 13.6. The van der Waals surface area contributed by atoms with Gasteiger partial charge >= 0.3 is 12.1 Å².